The normalized spacial score (nSPS) is 15.3. The molecule has 0 bridgehead atoms. The fraction of sp³-hybridized carbons (Fsp3) is 0.350. The Morgan fingerprint density at radius 2 is 1.86 bits per heavy atom. The lowest BCUT2D eigenvalue weighted by Crippen LogP contribution is -2.36. The number of benzene rings is 2. The molecule has 6 nitrogen and oxygen atoms in total. The van der Waals surface area contributed by atoms with Crippen LogP contribution < -0.4 is 20.7 Å². The number of hydrogen-bond acceptors (Lipinski definition) is 4. The van der Waals surface area contributed by atoms with E-state index in [1.807, 2.05) is 4.90 Å². The van der Waals surface area contributed by atoms with E-state index in [-0.39, 0.29) is 18.1 Å². The minimum absolute atomic E-state index is 0.0283. The number of guanidine groups is 1. The fourth-order valence-electron chi connectivity index (χ4n) is 3.02. The summed E-state index contributed by atoms with van der Waals surface area (Å²) < 4.78 is 51.1. The standard InChI is InChI=1S/C20H23F3N4O2/c1-28-17-6-3-15(4-7-17)26-19(24)25-13-14-2-5-16(12-18(14)20(21,22)23)27-8-10-29-11-9-27/h2-7,12H,8-11,13H2,1H3,(H3,24,25,26). The Morgan fingerprint density at radius 3 is 2.48 bits per heavy atom. The summed E-state index contributed by atoms with van der Waals surface area (Å²) in [6, 6.07) is 11.3. The molecule has 1 heterocycles. The number of alkyl halides is 3. The molecule has 1 aliphatic rings. The van der Waals surface area contributed by atoms with Gasteiger partial charge in [-0.3, -0.25) is 0 Å². The molecule has 3 N–H and O–H groups in total. The van der Waals surface area contributed by atoms with Crippen molar-refractivity contribution in [2.24, 2.45) is 10.7 Å². The molecule has 0 unspecified atom stereocenters. The molecule has 0 aliphatic carbocycles. The monoisotopic (exact) mass is 408 g/mol. The minimum Gasteiger partial charge on any atom is -0.497 e. The van der Waals surface area contributed by atoms with Crippen molar-refractivity contribution in [3.8, 4) is 5.75 Å². The number of anilines is 2. The Bertz CT molecular complexity index is 848. The second-order valence-electron chi connectivity index (χ2n) is 6.49. The fourth-order valence-corrected chi connectivity index (χ4v) is 3.02. The van der Waals surface area contributed by atoms with Gasteiger partial charge in [0.15, 0.2) is 5.96 Å². The lowest BCUT2D eigenvalue weighted by Gasteiger charge is -2.29. The third-order valence-corrected chi connectivity index (χ3v) is 4.56. The van der Waals surface area contributed by atoms with E-state index >= 15 is 0 Å². The lowest BCUT2D eigenvalue weighted by atomic mass is 10.1. The Labute approximate surface area is 167 Å². The first kappa shape index (κ1) is 20.8. The van der Waals surface area contributed by atoms with Crippen LogP contribution in [0.4, 0.5) is 24.5 Å². The van der Waals surface area contributed by atoms with Gasteiger partial charge in [0, 0.05) is 24.5 Å². The molecular formula is C20H23F3N4O2. The van der Waals surface area contributed by atoms with E-state index in [1.54, 1.807) is 37.4 Å². The molecule has 2 aromatic carbocycles. The highest BCUT2D eigenvalue weighted by Crippen LogP contribution is 2.35. The van der Waals surface area contributed by atoms with Crippen LogP contribution in [0.25, 0.3) is 0 Å². The molecule has 0 aromatic heterocycles. The van der Waals surface area contributed by atoms with E-state index in [4.69, 9.17) is 15.2 Å². The van der Waals surface area contributed by atoms with E-state index in [9.17, 15) is 13.2 Å². The second-order valence-corrected chi connectivity index (χ2v) is 6.49. The molecule has 3 rings (SSSR count). The Morgan fingerprint density at radius 1 is 1.17 bits per heavy atom. The SMILES string of the molecule is COc1ccc(NC(N)=NCc2ccc(N3CCOCC3)cc2C(F)(F)F)cc1. The highest BCUT2D eigenvalue weighted by Gasteiger charge is 2.34. The van der Waals surface area contributed by atoms with Gasteiger partial charge in [0.2, 0.25) is 0 Å². The summed E-state index contributed by atoms with van der Waals surface area (Å²) in [4.78, 5) is 5.95. The van der Waals surface area contributed by atoms with Gasteiger partial charge in [-0.15, -0.1) is 0 Å². The number of nitrogens with zero attached hydrogens (tertiary/aromatic N) is 2. The summed E-state index contributed by atoms with van der Waals surface area (Å²) in [5, 5.41) is 2.85. The summed E-state index contributed by atoms with van der Waals surface area (Å²) >= 11 is 0. The molecule has 0 atom stereocenters. The average molecular weight is 408 g/mol. The Hall–Kier alpha value is -2.94. The van der Waals surface area contributed by atoms with Gasteiger partial charge in [0.05, 0.1) is 32.4 Å². The molecule has 29 heavy (non-hydrogen) atoms. The van der Waals surface area contributed by atoms with Crippen LogP contribution in [0.15, 0.2) is 47.5 Å². The van der Waals surface area contributed by atoms with Crippen LogP contribution in [0.5, 0.6) is 5.75 Å². The van der Waals surface area contributed by atoms with E-state index in [1.165, 1.54) is 12.1 Å². The molecule has 1 fully saturated rings. The number of rotatable bonds is 5. The van der Waals surface area contributed by atoms with Crippen molar-refractivity contribution >= 4 is 17.3 Å². The first-order valence-corrected chi connectivity index (χ1v) is 9.10. The van der Waals surface area contributed by atoms with Crippen molar-refractivity contribution in [3.05, 3.63) is 53.6 Å². The molecule has 0 amide bonds. The summed E-state index contributed by atoms with van der Waals surface area (Å²) in [6.07, 6.45) is -4.48. The predicted octanol–water partition coefficient (Wildman–Crippen LogP) is 3.48. The highest BCUT2D eigenvalue weighted by molar-refractivity contribution is 5.92. The first-order valence-electron chi connectivity index (χ1n) is 9.10. The van der Waals surface area contributed by atoms with Crippen LogP contribution in [0.1, 0.15) is 11.1 Å². The summed E-state index contributed by atoms with van der Waals surface area (Å²) in [5.74, 6) is 0.710. The minimum atomic E-state index is -4.48. The number of nitrogens with two attached hydrogens (primary N) is 1. The van der Waals surface area contributed by atoms with Crippen molar-refractivity contribution in [2.75, 3.05) is 43.6 Å². The topological polar surface area (TPSA) is 72.1 Å². The van der Waals surface area contributed by atoms with Gasteiger partial charge in [-0.25, -0.2) is 4.99 Å². The molecular weight excluding hydrogens is 385 g/mol. The quantitative estimate of drug-likeness (QED) is 0.586. The number of methoxy groups -OCH3 is 1. The van der Waals surface area contributed by atoms with Crippen LogP contribution in [0.3, 0.4) is 0 Å². The van der Waals surface area contributed by atoms with Gasteiger partial charge < -0.3 is 25.4 Å². The zero-order chi connectivity index (χ0) is 20.9. The van der Waals surface area contributed by atoms with Crippen LogP contribution in [-0.2, 0) is 17.5 Å². The number of hydrogen-bond donors (Lipinski definition) is 2. The zero-order valence-corrected chi connectivity index (χ0v) is 16.0. The molecule has 0 saturated carbocycles. The van der Waals surface area contributed by atoms with Crippen LogP contribution >= 0.6 is 0 Å². The Balaban J connectivity index is 1.75. The largest absolute Gasteiger partial charge is 0.497 e. The van der Waals surface area contributed by atoms with E-state index < -0.39 is 11.7 Å². The summed E-state index contributed by atoms with van der Waals surface area (Å²) in [7, 11) is 1.56. The van der Waals surface area contributed by atoms with Crippen molar-refractivity contribution in [1.82, 2.24) is 0 Å². The van der Waals surface area contributed by atoms with Gasteiger partial charge in [0.1, 0.15) is 5.75 Å². The lowest BCUT2D eigenvalue weighted by molar-refractivity contribution is -0.138. The number of halogens is 3. The summed E-state index contributed by atoms with van der Waals surface area (Å²) in [6.45, 7) is 1.94. The number of ether oxygens (including phenoxy) is 2. The maximum absolute atomic E-state index is 13.6. The molecule has 1 saturated heterocycles. The molecule has 156 valence electrons. The van der Waals surface area contributed by atoms with Crippen molar-refractivity contribution in [2.45, 2.75) is 12.7 Å². The van der Waals surface area contributed by atoms with Crippen LogP contribution in [-0.4, -0.2) is 39.4 Å². The van der Waals surface area contributed by atoms with Crippen molar-refractivity contribution in [1.29, 1.82) is 0 Å². The third kappa shape index (κ3) is 5.54. The van der Waals surface area contributed by atoms with Crippen molar-refractivity contribution in [3.63, 3.8) is 0 Å². The number of morpholine rings is 1. The second kappa shape index (κ2) is 9.04. The smallest absolute Gasteiger partial charge is 0.416 e. The highest BCUT2D eigenvalue weighted by atomic mass is 19.4. The zero-order valence-electron chi connectivity index (χ0n) is 16.0. The maximum Gasteiger partial charge on any atom is 0.416 e. The van der Waals surface area contributed by atoms with Gasteiger partial charge in [-0.1, -0.05) is 6.07 Å². The number of aliphatic imine (C=N–C) groups is 1. The van der Waals surface area contributed by atoms with Crippen molar-refractivity contribution < 1.29 is 22.6 Å². The molecule has 0 radical (unpaired) electrons. The molecule has 0 spiro atoms. The third-order valence-electron chi connectivity index (χ3n) is 4.56. The van der Waals surface area contributed by atoms with Crippen LogP contribution in [0.2, 0.25) is 0 Å². The van der Waals surface area contributed by atoms with E-state index in [0.29, 0.717) is 43.4 Å². The number of nitrogens with one attached hydrogen (secondary N) is 1. The van der Waals surface area contributed by atoms with E-state index in [0.717, 1.165) is 0 Å². The van der Waals surface area contributed by atoms with Crippen LogP contribution in [0, 0.1) is 0 Å². The maximum atomic E-state index is 13.6. The molecule has 9 heteroatoms. The predicted molar refractivity (Wildman–Crippen MR) is 106 cm³/mol. The van der Waals surface area contributed by atoms with Gasteiger partial charge >= 0.3 is 6.18 Å². The van der Waals surface area contributed by atoms with E-state index in [2.05, 4.69) is 10.3 Å². The van der Waals surface area contributed by atoms with Gasteiger partial charge in [-0.2, -0.15) is 13.2 Å². The first-order chi connectivity index (χ1) is 13.9. The average Bonchev–Trinajstić information content (AvgIpc) is 2.72. The molecule has 2 aromatic rings. The summed E-state index contributed by atoms with van der Waals surface area (Å²) in [5.41, 5.74) is 6.38. The van der Waals surface area contributed by atoms with Gasteiger partial charge in [-0.05, 0) is 42.0 Å². The van der Waals surface area contributed by atoms with Gasteiger partial charge in [0.25, 0.3) is 0 Å². The Kier molecular flexibility index (Phi) is 6.48. The molecule has 1 aliphatic heterocycles.